The third kappa shape index (κ3) is 4.77. The van der Waals surface area contributed by atoms with E-state index < -0.39 is 0 Å². The second-order valence-electron chi connectivity index (χ2n) is 5.21. The van der Waals surface area contributed by atoms with Crippen LogP contribution in [0, 0.1) is 0 Å². The minimum atomic E-state index is 0.389. The van der Waals surface area contributed by atoms with Crippen LogP contribution >= 0.6 is 0 Å². The first-order chi connectivity index (χ1) is 8.69. The van der Waals surface area contributed by atoms with E-state index in [4.69, 9.17) is 0 Å². The maximum Gasteiger partial charge on any atom is 0.138 e. The van der Waals surface area contributed by atoms with Gasteiger partial charge in [0.25, 0.3) is 0 Å². The van der Waals surface area contributed by atoms with Gasteiger partial charge in [-0.15, -0.1) is 0 Å². The fourth-order valence-electron chi connectivity index (χ4n) is 2.15. The number of nitrogens with one attached hydrogen (secondary N) is 1. The predicted molar refractivity (Wildman–Crippen MR) is 75.7 cm³/mol. The van der Waals surface area contributed by atoms with Crippen molar-refractivity contribution in [2.45, 2.75) is 71.9 Å². The number of rotatable bonds is 9. The largest absolute Gasteiger partial charge is 0.314 e. The Morgan fingerprint density at radius 2 is 2.06 bits per heavy atom. The third-order valence-corrected chi connectivity index (χ3v) is 3.15. The zero-order valence-electron chi connectivity index (χ0n) is 12.3. The standard InChI is InChI=1S/C14H28N4/c1-5-7-8-13(15-9-6-2)10-14-16-11-17-18(14)12(3)4/h11-13,15H,5-10H2,1-4H3. The van der Waals surface area contributed by atoms with Gasteiger partial charge in [-0.3, -0.25) is 0 Å². The zero-order chi connectivity index (χ0) is 13.4. The summed E-state index contributed by atoms with van der Waals surface area (Å²) in [5, 5.41) is 7.93. The van der Waals surface area contributed by atoms with Gasteiger partial charge in [-0.05, 0) is 33.2 Å². The molecule has 104 valence electrons. The van der Waals surface area contributed by atoms with Gasteiger partial charge in [0.1, 0.15) is 12.2 Å². The molecule has 0 aliphatic carbocycles. The van der Waals surface area contributed by atoms with E-state index in [9.17, 15) is 0 Å². The molecule has 1 heterocycles. The van der Waals surface area contributed by atoms with Crippen LogP contribution in [0.1, 0.15) is 65.2 Å². The van der Waals surface area contributed by atoms with Gasteiger partial charge in [-0.2, -0.15) is 5.10 Å². The van der Waals surface area contributed by atoms with Gasteiger partial charge in [0, 0.05) is 18.5 Å². The number of unbranched alkanes of at least 4 members (excludes halogenated alkanes) is 1. The molecule has 0 radical (unpaired) electrons. The van der Waals surface area contributed by atoms with Crippen molar-refractivity contribution < 1.29 is 0 Å². The molecular weight excluding hydrogens is 224 g/mol. The Labute approximate surface area is 111 Å². The molecule has 1 aromatic heterocycles. The van der Waals surface area contributed by atoms with Gasteiger partial charge in [0.05, 0.1) is 0 Å². The number of hydrogen-bond acceptors (Lipinski definition) is 3. The molecule has 1 rings (SSSR count). The fraction of sp³-hybridized carbons (Fsp3) is 0.857. The first kappa shape index (κ1) is 15.2. The van der Waals surface area contributed by atoms with E-state index in [-0.39, 0.29) is 0 Å². The Morgan fingerprint density at radius 1 is 1.28 bits per heavy atom. The summed E-state index contributed by atoms with van der Waals surface area (Å²) < 4.78 is 2.03. The van der Waals surface area contributed by atoms with Crippen LogP contribution in [0.25, 0.3) is 0 Å². The lowest BCUT2D eigenvalue weighted by atomic mass is 10.1. The predicted octanol–water partition coefficient (Wildman–Crippen LogP) is 2.96. The minimum absolute atomic E-state index is 0.389. The second-order valence-corrected chi connectivity index (χ2v) is 5.21. The van der Waals surface area contributed by atoms with Crippen molar-refractivity contribution in [3.05, 3.63) is 12.2 Å². The molecule has 18 heavy (non-hydrogen) atoms. The Morgan fingerprint density at radius 3 is 2.67 bits per heavy atom. The van der Waals surface area contributed by atoms with Gasteiger partial charge in [-0.25, -0.2) is 9.67 Å². The third-order valence-electron chi connectivity index (χ3n) is 3.15. The molecule has 1 atom stereocenters. The van der Waals surface area contributed by atoms with Gasteiger partial charge in [-0.1, -0.05) is 26.7 Å². The Kier molecular flexibility index (Phi) is 6.94. The molecule has 0 spiro atoms. The van der Waals surface area contributed by atoms with Gasteiger partial charge in [0.15, 0.2) is 0 Å². The Bertz CT molecular complexity index is 311. The molecule has 1 unspecified atom stereocenters. The molecule has 0 fully saturated rings. The summed E-state index contributed by atoms with van der Waals surface area (Å²) in [7, 11) is 0. The van der Waals surface area contributed by atoms with Crippen molar-refractivity contribution in [2.75, 3.05) is 6.54 Å². The number of hydrogen-bond donors (Lipinski definition) is 1. The maximum absolute atomic E-state index is 4.41. The number of aromatic nitrogens is 3. The summed E-state index contributed by atoms with van der Waals surface area (Å²) in [5.74, 6) is 1.11. The van der Waals surface area contributed by atoms with Crippen LogP contribution in [-0.2, 0) is 6.42 Å². The van der Waals surface area contributed by atoms with E-state index in [1.54, 1.807) is 6.33 Å². The normalized spacial score (nSPS) is 13.2. The molecule has 1 aromatic rings. The Hall–Kier alpha value is -0.900. The zero-order valence-corrected chi connectivity index (χ0v) is 12.3. The molecule has 0 aliphatic rings. The Balaban J connectivity index is 2.59. The van der Waals surface area contributed by atoms with Gasteiger partial charge in [0.2, 0.25) is 0 Å². The molecular formula is C14H28N4. The van der Waals surface area contributed by atoms with Gasteiger partial charge < -0.3 is 5.32 Å². The second kappa shape index (κ2) is 8.25. The van der Waals surface area contributed by atoms with Crippen LogP contribution < -0.4 is 5.32 Å². The van der Waals surface area contributed by atoms with E-state index in [1.807, 2.05) is 4.68 Å². The first-order valence-electron chi connectivity index (χ1n) is 7.30. The molecule has 0 bridgehead atoms. The summed E-state index contributed by atoms with van der Waals surface area (Å²) in [5.41, 5.74) is 0. The van der Waals surface area contributed by atoms with E-state index in [2.05, 4.69) is 43.1 Å². The quantitative estimate of drug-likeness (QED) is 0.735. The molecule has 0 saturated heterocycles. The van der Waals surface area contributed by atoms with E-state index in [0.717, 1.165) is 18.8 Å². The topological polar surface area (TPSA) is 42.7 Å². The van der Waals surface area contributed by atoms with Crippen LogP contribution in [0.4, 0.5) is 0 Å². The van der Waals surface area contributed by atoms with Gasteiger partial charge >= 0.3 is 0 Å². The molecule has 0 aromatic carbocycles. The van der Waals surface area contributed by atoms with E-state index in [1.165, 1.54) is 25.7 Å². The van der Waals surface area contributed by atoms with Crippen molar-refractivity contribution in [3.8, 4) is 0 Å². The van der Waals surface area contributed by atoms with Crippen molar-refractivity contribution in [3.63, 3.8) is 0 Å². The molecule has 1 N–H and O–H groups in total. The molecule has 4 nitrogen and oxygen atoms in total. The highest BCUT2D eigenvalue weighted by molar-refractivity contribution is 4.91. The van der Waals surface area contributed by atoms with Crippen LogP contribution in [0.15, 0.2) is 6.33 Å². The summed E-state index contributed by atoms with van der Waals surface area (Å²) in [6, 6.07) is 0.923. The van der Waals surface area contributed by atoms with E-state index in [0.29, 0.717) is 12.1 Å². The minimum Gasteiger partial charge on any atom is -0.314 e. The lowest BCUT2D eigenvalue weighted by molar-refractivity contribution is 0.429. The number of nitrogens with zero attached hydrogens (tertiary/aromatic N) is 3. The van der Waals surface area contributed by atoms with Crippen LogP contribution in [0.3, 0.4) is 0 Å². The smallest absolute Gasteiger partial charge is 0.138 e. The van der Waals surface area contributed by atoms with Crippen molar-refractivity contribution >= 4 is 0 Å². The highest BCUT2D eigenvalue weighted by Gasteiger charge is 2.14. The first-order valence-corrected chi connectivity index (χ1v) is 7.30. The summed E-state index contributed by atoms with van der Waals surface area (Å²) in [6.45, 7) is 9.84. The molecule has 0 amide bonds. The lowest BCUT2D eigenvalue weighted by Gasteiger charge is -2.19. The average Bonchev–Trinajstić information content (AvgIpc) is 2.80. The molecule has 0 aliphatic heterocycles. The lowest BCUT2D eigenvalue weighted by Crippen LogP contribution is -2.33. The monoisotopic (exact) mass is 252 g/mol. The van der Waals surface area contributed by atoms with Crippen LogP contribution in [-0.4, -0.2) is 27.4 Å². The summed E-state index contributed by atoms with van der Waals surface area (Å²) >= 11 is 0. The SMILES string of the molecule is CCCCC(Cc1ncnn1C(C)C)NCCC. The van der Waals surface area contributed by atoms with Crippen molar-refractivity contribution in [1.29, 1.82) is 0 Å². The highest BCUT2D eigenvalue weighted by Crippen LogP contribution is 2.11. The highest BCUT2D eigenvalue weighted by atomic mass is 15.3. The molecule has 0 saturated carbocycles. The maximum atomic E-state index is 4.41. The van der Waals surface area contributed by atoms with E-state index >= 15 is 0 Å². The van der Waals surface area contributed by atoms with Crippen LogP contribution in [0.5, 0.6) is 0 Å². The van der Waals surface area contributed by atoms with Crippen molar-refractivity contribution in [2.24, 2.45) is 0 Å². The van der Waals surface area contributed by atoms with Crippen molar-refractivity contribution in [1.82, 2.24) is 20.1 Å². The summed E-state index contributed by atoms with van der Waals surface area (Å²) in [4.78, 5) is 4.41. The summed E-state index contributed by atoms with van der Waals surface area (Å²) in [6.07, 6.45) is 7.59. The fourth-order valence-corrected chi connectivity index (χ4v) is 2.15. The average molecular weight is 252 g/mol. The molecule has 4 heteroatoms. The van der Waals surface area contributed by atoms with Crippen LogP contribution in [0.2, 0.25) is 0 Å².